The largest absolute Gasteiger partial charge is 0.356 e. The van der Waals surface area contributed by atoms with Crippen LogP contribution >= 0.6 is 0 Å². The zero-order valence-electron chi connectivity index (χ0n) is 10.5. The Balaban J connectivity index is 1.71. The molecule has 1 saturated carbocycles. The van der Waals surface area contributed by atoms with Crippen LogP contribution in [0.25, 0.3) is 0 Å². The smallest absolute Gasteiger partial charge is 0.224 e. The highest BCUT2D eigenvalue weighted by molar-refractivity contribution is 5.83. The molecule has 1 aliphatic heterocycles. The van der Waals surface area contributed by atoms with Gasteiger partial charge in [-0.25, -0.2) is 0 Å². The van der Waals surface area contributed by atoms with Gasteiger partial charge in [-0.1, -0.05) is 19.8 Å². The molecule has 3 atom stereocenters. The van der Waals surface area contributed by atoms with E-state index in [9.17, 15) is 9.59 Å². The molecule has 0 aromatic heterocycles. The summed E-state index contributed by atoms with van der Waals surface area (Å²) in [4.78, 5) is 22.9. The molecule has 1 aliphatic carbocycles. The SMILES string of the molecule is CC1CCCC1CNC(=O)C1CCC(=O)NC1. The van der Waals surface area contributed by atoms with Gasteiger partial charge in [-0.2, -0.15) is 0 Å². The van der Waals surface area contributed by atoms with Gasteiger partial charge in [-0.15, -0.1) is 0 Å². The van der Waals surface area contributed by atoms with Crippen molar-refractivity contribution in [1.29, 1.82) is 0 Å². The number of rotatable bonds is 3. The topological polar surface area (TPSA) is 58.2 Å². The summed E-state index contributed by atoms with van der Waals surface area (Å²) in [6.45, 7) is 3.58. The van der Waals surface area contributed by atoms with E-state index in [0.29, 0.717) is 25.3 Å². The van der Waals surface area contributed by atoms with Crippen LogP contribution in [0.3, 0.4) is 0 Å². The van der Waals surface area contributed by atoms with Crippen LogP contribution in [0.15, 0.2) is 0 Å². The molecule has 2 fully saturated rings. The molecule has 0 bridgehead atoms. The van der Waals surface area contributed by atoms with E-state index in [1.807, 2.05) is 0 Å². The lowest BCUT2D eigenvalue weighted by Gasteiger charge is -2.23. The van der Waals surface area contributed by atoms with Crippen molar-refractivity contribution in [2.75, 3.05) is 13.1 Å². The molecule has 0 aromatic rings. The number of carbonyl (C=O) groups is 2. The van der Waals surface area contributed by atoms with Crippen molar-refractivity contribution in [3.8, 4) is 0 Å². The monoisotopic (exact) mass is 238 g/mol. The molecule has 17 heavy (non-hydrogen) atoms. The first kappa shape index (κ1) is 12.4. The number of hydrogen-bond acceptors (Lipinski definition) is 2. The molecule has 3 unspecified atom stereocenters. The molecule has 2 N–H and O–H groups in total. The maximum Gasteiger partial charge on any atom is 0.224 e. The van der Waals surface area contributed by atoms with Crippen molar-refractivity contribution >= 4 is 11.8 Å². The summed E-state index contributed by atoms with van der Waals surface area (Å²) < 4.78 is 0. The third kappa shape index (κ3) is 3.20. The summed E-state index contributed by atoms with van der Waals surface area (Å²) in [5.74, 6) is 1.55. The standard InChI is InChI=1S/C13H22N2O2/c1-9-3-2-4-10(9)7-15-13(17)11-5-6-12(16)14-8-11/h9-11H,2-8H2,1H3,(H,14,16)(H,15,17). The number of amides is 2. The first-order chi connectivity index (χ1) is 8.16. The maximum atomic E-state index is 11.9. The van der Waals surface area contributed by atoms with Gasteiger partial charge in [0.1, 0.15) is 0 Å². The molecule has 2 aliphatic rings. The number of nitrogens with one attached hydrogen (secondary N) is 2. The predicted molar refractivity (Wildman–Crippen MR) is 65.2 cm³/mol. The van der Waals surface area contributed by atoms with Gasteiger partial charge in [0.15, 0.2) is 0 Å². The summed E-state index contributed by atoms with van der Waals surface area (Å²) in [6, 6.07) is 0. The van der Waals surface area contributed by atoms with Gasteiger partial charge in [0.05, 0.1) is 5.92 Å². The number of hydrogen-bond donors (Lipinski definition) is 2. The molecule has 0 radical (unpaired) electrons. The second-order valence-corrected chi connectivity index (χ2v) is 5.45. The van der Waals surface area contributed by atoms with Crippen molar-refractivity contribution in [2.45, 2.75) is 39.0 Å². The van der Waals surface area contributed by atoms with Crippen molar-refractivity contribution in [3.63, 3.8) is 0 Å². The summed E-state index contributed by atoms with van der Waals surface area (Å²) in [6.07, 6.45) is 5.00. The minimum atomic E-state index is -0.0237. The van der Waals surface area contributed by atoms with Gasteiger partial charge >= 0.3 is 0 Å². The highest BCUT2D eigenvalue weighted by Crippen LogP contribution is 2.30. The van der Waals surface area contributed by atoms with E-state index in [1.54, 1.807) is 0 Å². The Labute approximate surface area is 103 Å². The molecule has 4 heteroatoms. The number of carbonyl (C=O) groups excluding carboxylic acids is 2. The Morgan fingerprint density at radius 1 is 1.41 bits per heavy atom. The normalized spacial score (nSPS) is 33.2. The average molecular weight is 238 g/mol. The lowest BCUT2D eigenvalue weighted by molar-refractivity contribution is -0.129. The Morgan fingerprint density at radius 2 is 2.24 bits per heavy atom. The summed E-state index contributed by atoms with van der Waals surface area (Å²) >= 11 is 0. The second kappa shape index (κ2) is 5.52. The van der Waals surface area contributed by atoms with Crippen molar-refractivity contribution < 1.29 is 9.59 Å². The molecule has 0 spiro atoms. The maximum absolute atomic E-state index is 11.9. The Hall–Kier alpha value is -1.06. The summed E-state index contributed by atoms with van der Waals surface area (Å²) in [5, 5.41) is 5.80. The Bertz CT molecular complexity index is 294. The van der Waals surface area contributed by atoms with Gasteiger partial charge < -0.3 is 10.6 Å². The summed E-state index contributed by atoms with van der Waals surface area (Å²) in [5.41, 5.74) is 0. The molecule has 1 saturated heterocycles. The van der Waals surface area contributed by atoms with Crippen LogP contribution in [0.2, 0.25) is 0 Å². The van der Waals surface area contributed by atoms with E-state index in [-0.39, 0.29) is 17.7 Å². The molecule has 2 rings (SSSR count). The van der Waals surface area contributed by atoms with Crippen molar-refractivity contribution in [1.82, 2.24) is 10.6 Å². The van der Waals surface area contributed by atoms with Crippen LogP contribution in [0.1, 0.15) is 39.0 Å². The van der Waals surface area contributed by atoms with Gasteiger partial charge in [0, 0.05) is 19.5 Å². The number of piperidine rings is 1. The molecule has 4 nitrogen and oxygen atoms in total. The van der Waals surface area contributed by atoms with Gasteiger partial charge in [0.25, 0.3) is 0 Å². The molecule has 0 aromatic carbocycles. The highest BCUT2D eigenvalue weighted by atomic mass is 16.2. The third-order valence-electron chi connectivity index (χ3n) is 4.21. The molecule has 1 heterocycles. The van der Waals surface area contributed by atoms with E-state index >= 15 is 0 Å². The fourth-order valence-corrected chi connectivity index (χ4v) is 2.86. The lowest BCUT2D eigenvalue weighted by atomic mass is 9.96. The van der Waals surface area contributed by atoms with E-state index in [2.05, 4.69) is 17.6 Å². The van der Waals surface area contributed by atoms with E-state index < -0.39 is 0 Å². The lowest BCUT2D eigenvalue weighted by Crippen LogP contribution is -2.44. The minimum absolute atomic E-state index is 0.0237. The Morgan fingerprint density at radius 3 is 2.82 bits per heavy atom. The van der Waals surface area contributed by atoms with Crippen LogP contribution in [0, 0.1) is 17.8 Å². The van der Waals surface area contributed by atoms with Crippen molar-refractivity contribution in [3.05, 3.63) is 0 Å². The molecular formula is C13H22N2O2. The minimum Gasteiger partial charge on any atom is -0.356 e. The second-order valence-electron chi connectivity index (χ2n) is 5.45. The fraction of sp³-hybridized carbons (Fsp3) is 0.846. The molecule has 2 amide bonds. The van der Waals surface area contributed by atoms with E-state index in [0.717, 1.165) is 12.5 Å². The van der Waals surface area contributed by atoms with Crippen LogP contribution in [-0.4, -0.2) is 24.9 Å². The predicted octanol–water partition coefficient (Wildman–Crippen LogP) is 1.06. The third-order valence-corrected chi connectivity index (χ3v) is 4.21. The van der Waals surface area contributed by atoms with Gasteiger partial charge in [0.2, 0.25) is 11.8 Å². The van der Waals surface area contributed by atoms with Crippen LogP contribution in [-0.2, 0) is 9.59 Å². The highest BCUT2D eigenvalue weighted by Gasteiger charge is 2.27. The van der Waals surface area contributed by atoms with Gasteiger partial charge in [-0.3, -0.25) is 9.59 Å². The first-order valence-corrected chi connectivity index (χ1v) is 6.71. The quantitative estimate of drug-likeness (QED) is 0.772. The van der Waals surface area contributed by atoms with Gasteiger partial charge in [-0.05, 0) is 24.7 Å². The van der Waals surface area contributed by atoms with E-state index in [1.165, 1.54) is 19.3 Å². The van der Waals surface area contributed by atoms with Crippen LogP contribution in [0.4, 0.5) is 0 Å². The zero-order valence-corrected chi connectivity index (χ0v) is 10.5. The average Bonchev–Trinajstić information content (AvgIpc) is 2.73. The first-order valence-electron chi connectivity index (χ1n) is 6.71. The van der Waals surface area contributed by atoms with Crippen molar-refractivity contribution in [2.24, 2.45) is 17.8 Å². The molecular weight excluding hydrogens is 216 g/mol. The zero-order chi connectivity index (χ0) is 12.3. The van der Waals surface area contributed by atoms with Crippen LogP contribution < -0.4 is 10.6 Å². The summed E-state index contributed by atoms with van der Waals surface area (Å²) in [7, 11) is 0. The molecule has 96 valence electrons. The fourth-order valence-electron chi connectivity index (χ4n) is 2.86. The Kier molecular flexibility index (Phi) is 4.02. The van der Waals surface area contributed by atoms with E-state index in [4.69, 9.17) is 0 Å². The van der Waals surface area contributed by atoms with Crippen LogP contribution in [0.5, 0.6) is 0 Å².